The molecule has 1 aliphatic heterocycles. The molecule has 11 heteroatoms. The third kappa shape index (κ3) is 14.4. The van der Waals surface area contributed by atoms with E-state index >= 15 is 0 Å². The SMILES string of the molecule is CCCCNC(=O)[C@@H](C[C@H](O)[C@@H](N)C[C@H](CNC(=O)c1ccc(CN2CCN(C(C)=O)CC2)cc1OCCCCOC)C(C)C)C(C)C. The molecule has 5 N–H and O–H groups in total. The van der Waals surface area contributed by atoms with Gasteiger partial charge in [-0.05, 0) is 67.6 Å². The number of rotatable bonds is 22. The molecule has 1 aromatic rings. The summed E-state index contributed by atoms with van der Waals surface area (Å²) in [7, 11) is 1.68. The number of nitrogens with two attached hydrogens (primary N) is 1. The monoisotopic (exact) mass is 675 g/mol. The predicted molar refractivity (Wildman–Crippen MR) is 191 cm³/mol. The van der Waals surface area contributed by atoms with Gasteiger partial charge in [0.2, 0.25) is 11.8 Å². The van der Waals surface area contributed by atoms with Gasteiger partial charge in [0.05, 0.1) is 18.3 Å². The molecule has 1 aromatic carbocycles. The molecule has 4 atom stereocenters. The number of benzene rings is 1. The van der Waals surface area contributed by atoms with Crippen LogP contribution in [0.5, 0.6) is 5.75 Å². The van der Waals surface area contributed by atoms with Crippen LogP contribution < -0.4 is 21.1 Å². The quantitative estimate of drug-likeness (QED) is 0.136. The lowest BCUT2D eigenvalue weighted by molar-refractivity contribution is -0.130. The number of hydrogen-bond donors (Lipinski definition) is 4. The summed E-state index contributed by atoms with van der Waals surface area (Å²) in [5.74, 6) is 0.408. The van der Waals surface area contributed by atoms with Gasteiger partial charge in [-0.15, -0.1) is 0 Å². The first-order chi connectivity index (χ1) is 22.9. The standard InChI is InChI=1S/C37H65N5O6/c1-8-9-14-39-37(46)32(27(4)5)23-34(44)33(38)22-30(26(2)3)24-40-36(45)31-13-12-29(21-35(31)48-20-11-10-19-47-7)25-41-15-17-42(18-16-41)28(6)43/h12-13,21,26-27,30,32-34,44H,8-11,14-20,22-25,38H2,1-7H3,(H,39,46)(H,40,45)/t30-,32+,33+,34+/m1/s1. The van der Waals surface area contributed by atoms with Crippen LogP contribution in [0.1, 0.15) is 96.0 Å². The summed E-state index contributed by atoms with van der Waals surface area (Å²) in [4.78, 5) is 42.3. The summed E-state index contributed by atoms with van der Waals surface area (Å²) in [5.41, 5.74) is 8.06. The lowest BCUT2D eigenvalue weighted by Gasteiger charge is -2.34. The molecule has 1 heterocycles. The van der Waals surface area contributed by atoms with Gasteiger partial charge in [-0.25, -0.2) is 0 Å². The molecule has 0 unspecified atom stereocenters. The lowest BCUT2D eigenvalue weighted by atomic mass is 9.83. The Morgan fingerprint density at radius 1 is 0.958 bits per heavy atom. The molecule has 48 heavy (non-hydrogen) atoms. The number of carbonyl (C=O) groups excluding carboxylic acids is 3. The van der Waals surface area contributed by atoms with Gasteiger partial charge in [-0.1, -0.05) is 47.1 Å². The van der Waals surface area contributed by atoms with E-state index in [2.05, 4.69) is 36.3 Å². The zero-order chi connectivity index (χ0) is 35.6. The molecule has 0 radical (unpaired) electrons. The van der Waals surface area contributed by atoms with Crippen LogP contribution in [0.4, 0.5) is 0 Å². The highest BCUT2D eigenvalue weighted by molar-refractivity contribution is 5.97. The number of piperazine rings is 1. The minimum atomic E-state index is -0.831. The van der Waals surface area contributed by atoms with Crippen LogP contribution in [0.3, 0.4) is 0 Å². The topological polar surface area (TPSA) is 146 Å². The van der Waals surface area contributed by atoms with Gasteiger partial charge in [0, 0.05) is 78.4 Å². The predicted octanol–water partition coefficient (Wildman–Crippen LogP) is 3.82. The number of aliphatic hydroxyl groups excluding tert-OH is 1. The summed E-state index contributed by atoms with van der Waals surface area (Å²) in [6, 6.07) is 5.23. The van der Waals surface area contributed by atoms with E-state index in [1.54, 1.807) is 14.0 Å². The van der Waals surface area contributed by atoms with Crippen LogP contribution in [0, 0.1) is 23.7 Å². The number of nitrogens with one attached hydrogen (secondary N) is 2. The molecule has 0 bridgehead atoms. The molecule has 274 valence electrons. The Morgan fingerprint density at radius 3 is 2.25 bits per heavy atom. The maximum absolute atomic E-state index is 13.6. The van der Waals surface area contributed by atoms with Crippen LogP contribution in [0.25, 0.3) is 0 Å². The van der Waals surface area contributed by atoms with Crippen molar-refractivity contribution in [2.45, 2.75) is 98.8 Å². The molecule has 2 rings (SSSR count). The van der Waals surface area contributed by atoms with E-state index in [-0.39, 0.29) is 41.4 Å². The lowest BCUT2D eigenvalue weighted by Crippen LogP contribution is -2.47. The molecule has 3 amide bonds. The fourth-order valence-electron chi connectivity index (χ4n) is 6.04. The van der Waals surface area contributed by atoms with Crippen molar-refractivity contribution in [1.82, 2.24) is 20.4 Å². The number of nitrogens with zero attached hydrogens (tertiary/aromatic N) is 2. The number of aliphatic hydroxyl groups is 1. The number of ether oxygens (including phenoxy) is 2. The van der Waals surface area contributed by atoms with Crippen LogP contribution in [-0.2, 0) is 20.9 Å². The minimum absolute atomic E-state index is 0.0286. The zero-order valence-corrected chi connectivity index (χ0v) is 30.8. The second-order valence-corrected chi connectivity index (χ2v) is 14.1. The van der Waals surface area contributed by atoms with Crippen LogP contribution in [-0.4, -0.2) is 104 Å². The second kappa shape index (κ2) is 22.1. The molecule has 1 fully saturated rings. The molecule has 11 nitrogen and oxygen atoms in total. The van der Waals surface area contributed by atoms with Gasteiger partial charge >= 0.3 is 0 Å². The zero-order valence-electron chi connectivity index (χ0n) is 30.8. The Hall–Kier alpha value is -2.73. The van der Waals surface area contributed by atoms with E-state index in [1.165, 1.54) is 0 Å². The van der Waals surface area contributed by atoms with Gasteiger partial charge in [0.25, 0.3) is 5.91 Å². The number of amides is 3. The maximum atomic E-state index is 13.6. The smallest absolute Gasteiger partial charge is 0.255 e. The van der Waals surface area contributed by atoms with Crippen molar-refractivity contribution in [3.8, 4) is 5.75 Å². The third-order valence-electron chi connectivity index (χ3n) is 9.52. The average molecular weight is 676 g/mol. The molecule has 1 aliphatic rings. The Bertz CT molecular complexity index is 1110. The Morgan fingerprint density at radius 2 is 1.65 bits per heavy atom. The Kier molecular flexibility index (Phi) is 19.1. The first kappa shape index (κ1) is 41.4. The number of carbonyl (C=O) groups is 3. The number of methoxy groups -OCH3 is 1. The van der Waals surface area contributed by atoms with E-state index < -0.39 is 12.1 Å². The number of hydrogen-bond acceptors (Lipinski definition) is 8. The van der Waals surface area contributed by atoms with E-state index in [4.69, 9.17) is 15.2 Å². The van der Waals surface area contributed by atoms with Crippen molar-refractivity contribution < 1.29 is 29.0 Å². The molecular weight excluding hydrogens is 610 g/mol. The molecule has 0 aromatic heterocycles. The summed E-state index contributed by atoms with van der Waals surface area (Å²) in [6.07, 6.45) is 3.58. The van der Waals surface area contributed by atoms with Crippen molar-refractivity contribution >= 4 is 17.7 Å². The van der Waals surface area contributed by atoms with E-state index in [0.717, 1.165) is 44.3 Å². The molecule has 0 saturated carbocycles. The van der Waals surface area contributed by atoms with E-state index in [0.29, 0.717) is 70.1 Å². The molecule has 1 saturated heterocycles. The van der Waals surface area contributed by atoms with Crippen molar-refractivity contribution in [2.75, 3.05) is 59.6 Å². The largest absolute Gasteiger partial charge is 0.493 e. The summed E-state index contributed by atoms with van der Waals surface area (Å²) < 4.78 is 11.3. The van der Waals surface area contributed by atoms with Gasteiger partial charge in [-0.3, -0.25) is 19.3 Å². The summed E-state index contributed by atoms with van der Waals surface area (Å²) in [5, 5.41) is 17.2. The molecule has 0 spiro atoms. The molecule has 0 aliphatic carbocycles. The first-order valence-electron chi connectivity index (χ1n) is 18.1. The number of unbranched alkanes of at least 4 members (excludes halogenated alkanes) is 2. The Labute approximate surface area is 289 Å². The van der Waals surface area contributed by atoms with Gasteiger partial charge in [0.1, 0.15) is 5.75 Å². The Balaban J connectivity index is 2.06. The fraction of sp³-hybridized carbons (Fsp3) is 0.757. The highest BCUT2D eigenvalue weighted by Crippen LogP contribution is 2.25. The van der Waals surface area contributed by atoms with Crippen molar-refractivity contribution in [3.63, 3.8) is 0 Å². The minimum Gasteiger partial charge on any atom is -0.493 e. The van der Waals surface area contributed by atoms with E-state index in [1.807, 2.05) is 36.9 Å². The normalized spacial score (nSPS) is 16.4. The van der Waals surface area contributed by atoms with Crippen molar-refractivity contribution in [3.05, 3.63) is 29.3 Å². The van der Waals surface area contributed by atoms with Crippen LogP contribution >= 0.6 is 0 Å². The average Bonchev–Trinajstić information content (AvgIpc) is 3.05. The van der Waals surface area contributed by atoms with Gasteiger partial charge < -0.3 is 35.8 Å². The second-order valence-electron chi connectivity index (χ2n) is 14.1. The first-order valence-corrected chi connectivity index (χ1v) is 18.1. The maximum Gasteiger partial charge on any atom is 0.255 e. The molecular formula is C37H65N5O6. The van der Waals surface area contributed by atoms with E-state index in [9.17, 15) is 19.5 Å². The highest BCUT2D eigenvalue weighted by atomic mass is 16.5. The van der Waals surface area contributed by atoms with Gasteiger partial charge in [0.15, 0.2) is 0 Å². The highest BCUT2D eigenvalue weighted by Gasteiger charge is 2.30. The van der Waals surface area contributed by atoms with Crippen molar-refractivity contribution in [1.29, 1.82) is 0 Å². The van der Waals surface area contributed by atoms with Crippen molar-refractivity contribution in [2.24, 2.45) is 29.4 Å². The fourth-order valence-corrected chi connectivity index (χ4v) is 6.04. The van der Waals surface area contributed by atoms with Crippen LogP contribution in [0.2, 0.25) is 0 Å². The van der Waals surface area contributed by atoms with Gasteiger partial charge in [-0.2, -0.15) is 0 Å². The summed E-state index contributed by atoms with van der Waals surface area (Å²) in [6.45, 7) is 17.8. The third-order valence-corrected chi connectivity index (χ3v) is 9.52. The summed E-state index contributed by atoms with van der Waals surface area (Å²) >= 11 is 0. The van der Waals surface area contributed by atoms with Crippen LogP contribution in [0.15, 0.2) is 18.2 Å².